The molecule has 3 aromatic rings. The van der Waals surface area contributed by atoms with Crippen molar-refractivity contribution in [1.29, 1.82) is 0 Å². The maximum Gasteiger partial charge on any atom is 0.412 e. The molecular weight excluding hydrogens is 649 g/mol. The third-order valence-corrected chi connectivity index (χ3v) is 7.60. The number of carbonyl (C=O) groups excluding carboxylic acids is 1. The predicted octanol–water partition coefficient (Wildman–Crippen LogP) is 3.46. The lowest BCUT2D eigenvalue weighted by molar-refractivity contribution is -0.0355. The Balaban J connectivity index is 0.000000266. The minimum absolute atomic E-state index is 0.0343. The van der Waals surface area contributed by atoms with Crippen LogP contribution in [0.15, 0.2) is 41.3 Å². The van der Waals surface area contributed by atoms with E-state index >= 15 is 0 Å². The van der Waals surface area contributed by atoms with Gasteiger partial charge in [0.25, 0.3) is 0 Å². The van der Waals surface area contributed by atoms with Gasteiger partial charge in [-0.2, -0.15) is 4.98 Å². The Morgan fingerprint density at radius 1 is 1.02 bits per heavy atom. The van der Waals surface area contributed by atoms with Crippen molar-refractivity contribution in [2.45, 2.75) is 70.2 Å². The van der Waals surface area contributed by atoms with E-state index < -0.39 is 54.1 Å². The van der Waals surface area contributed by atoms with Crippen LogP contribution < -0.4 is 30.0 Å². The van der Waals surface area contributed by atoms with Crippen molar-refractivity contribution in [3.05, 3.63) is 64.0 Å². The molecule has 1 aromatic heterocycles. The quantitative estimate of drug-likeness (QED) is 0.163. The number of rotatable bonds is 13. The number of aliphatic hydroxyl groups excluding tert-OH is 3. The van der Waals surface area contributed by atoms with E-state index in [4.69, 9.17) is 28.4 Å². The summed E-state index contributed by atoms with van der Waals surface area (Å²) in [5.41, 5.74) is 0.447. The number of benzene rings is 2. The zero-order valence-electron chi connectivity index (χ0n) is 28.2. The highest BCUT2D eigenvalue weighted by Gasteiger charge is 2.42. The first kappa shape index (κ1) is 38.8. The Hall–Kier alpha value is -4.64. The number of unbranched alkanes of at least 4 members (excludes halogenated alkanes) is 2. The first-order valence-corrected chi connectivity index (χ1v) is 15.5. The van der Waals surface area contributed by atoms with Gasteiger partial charge in [0, 0.05) is 6.42 Å². The molecule has 2 aromatic carbocycles. The van der Waals surface area contributed by atoms with Crippen LogP contribution in [0.2, 0.25) is 0 Å². The summed E-state index contributed by atoms with van der Waals surface area (Å²) in [6, 6.07) is 8.43. The average Bonchev–Trinajstić information content (AvgIpc) is 3.34. The predicted molar refractivity (Wildman–Crippen MR) is 174 cm³/mol. The molecule has 0 aliphatic carbocycles. The van der Waals surface area contributed by atoms with E-state index in [0.29, 0.717) is 41.4 Å². The molecule has 1 aliphatic heterocycles. The first-order chi connectivity index (χ1) is 23.4. The van der Waals surface area contributed by atoms with Crippen molar-refractivity contribution in [2.24, 2.45) is 0 Å². The van der Waals surface area contributed by atoms with Gasteiger partial charge in [-0.3, -0.25) is 9.88 Å². The van der Waals surface area contributed by atoms with Crippen molar-refractivity contribution in [1.82, 2.24) is 9.55 Å². The lowest BCUT2D eigenvalue weighted by Crippen LogP contribution is -2.36. The number of halogens is 1. The molecule has 1 saturated heterocycles. The number of methoxy groups -OCH3 is 4. The third-order valence-electron chi connectivity index (χ3n) is 7.60. The van der Waals surface area contributed by atoms with Crippen molar-refractivity contribution in [2.75, 3.05) is 40.4 Å². The highest BCUT2D eigenvalue weighted by molar-refractivity contribution is 5.83. The van der Waals surface area contributed by atoms with Crippen LogP contribution in [0.5, 0.6) is 28.7 Å². The summed E-state index contributed by atoms with van der Waals surface area (Å²) in [5, 5.41) is 42.0. The second-order valence-corrected chi connectivity index (χ2v) is 11.0. The molecule has 16 heteroatoms. The van der Waals surface area contributed by atoms with Crippen LogP contribution in [-0.2, 0) is 15.9 Å². The number of ether oxygens (including phenoxy) is 6. The maximum absolute atomic E-state index is 14.1. The number of nitrogens with zero attached hydrogens (tertiary/aromatic N) is 2. The van der Waals surface area contributed by atoms with Gasteiger partial charge >= 0.3 is 11.8 Å². The van der Waals surface area contributed by atoms with Gasteiger partial charge in [0.05, 0.1) is 53.5 Å². The minimum Gasteiger partial charge on any atom is -0.504 e. The second kappa shape index (κ2) is 18.2. The fourth-order valence-electron chi connectivity index (χ4n) is 4.92. The van der Waals surface area contributed by atoms with Crippen LogP contribution in [0, 0.1) is 5.82 Å². The SMILES string of the molecule is CCCCCOC(=O)Nc1nc(=O)n([C@@H]2O[C@H](C)[C@@H](O)[C@H]2O)cc1F.COc1ccc(C[C@@H](O)c2cc(OC)c(OC)c(OC)c2)cc1O. The number of aromatic nitrogens is 2. The standard InChI is InChI=1S/C18H22O6.C15H22FN3O6/c1-21-15-6-5-11(8-14(15)20)7-13(19)12-9-16(22-2)18(24-4)17(10-12)23-3;1-3-4-5-6-24-15(23)18-12-9(16)7-19(14(22)17-12)13-11(21)10(20)8(2)25-13/h5-6,8-10,13,19-20H,7H2,1-4H3;7-8,10-11,13,20-21H,3-6H2,1-2H3,(H,17,18,22,23)/t13-;8-,10-,11-,13-/m11/s1. The molecule has 1 fully saturated rings. The smallest absolute Gasteiger partial charge is 0.412 e. The molecule has 49 heavy (non-hydrogen) atoms. The van der Waals surface area contributed by atoms with Gasteiger partial charge < -0.3 is 48.8 Å². The Morgan fingerprint density at radius 2 is 1.67 bits per heavy atom. The van der Waals surface area contributed by atoms with Gasteiger partial charge in [-0.05, 0) is 48.7 Å². The average molecular weight is 694 g/mol. The number of hydrogen-bond donors (Lipinski definition) is 5. The van der Waals surface area contributed by atoms with Gasteiger partial charge in [0.1, 0.15) is 12.2 Å². The van der Waals surface area contributed by atoms with E-state index in [0.717, 1.165) is 29.2 Å². The normalized spacial score (nSPS) is 18.9. The highest BCUT2D eigenvalue weighted by atomic mass is 19.1. The molecule has 270 valence electrons. The molecule has 2 heterocycles. The molecule has 0 unspecified atom stereocenters. The molecule has 0 saturated carbocycles. The molecule has 0 bridgehead atoms. The highest BCUT2D eigenvalue weighted by Crippen LogP contribution is 2.40. The largest absolute Gasteiger partial charge is 0.504 e. The van der Waals surface area contributed by atoms with Crippen LogP contribution >= 0.6 is 0 Å². The van der Waals surface area contributed by atoms with Crippen molar-refractivity contribution >= 4 is 11.9 Å². The van der Waals surface area contributed by atoms with Crippen LogP contribution in [0.25, 0.3) is 0 Å². The summed E-state index contributed by atoms with van der Waals surface area (Å²) in [6.07, 6.45) is -2.73. The Labute approximate surface area is 282 Å². The van der Waals surface area contributed by atoms with Crippen molar-refractivity contribution < 1.29 is 58.0 Å². The Bertz CT molecular complexity index is 1580. The van der Waals surface area contributed by atoms with Gasteiger partial charge in [0.15, 0.2) is 40.9 Å². The van der Waals surface area contributed by atoms with Crippen LogP contribution in [0.3, 0.4) is 0 Å². The minimum atomic E-state index is -1.41. The summed E-state index contributed by atoms with van der Waals surface area (Å²) < 4.78 is 45.8. The number of nitrogens with one attached hydrogen (secondary N) is 1. The van der Waals surface area contributed by atoms with Gasteiger partial charge in [-0.1, -0.05) is 25.8 Å². The number of hydrogen-bond acceptors (Lipinski definition) is 13. The topological polar surface area (TPSA) is 200 Å². The van der Waals surface area contributed by atoms with E-state index in [2.05, 4.69) is 10.3 Å². The number of carbonyl (C=O) groups is 1. The lowest BCUT2D eigenvalue weighted by atomic mass is 10.00. The number of phenols is 1. The number of aliphatic hydroxyl groups is 3. The molecule has 5 N–H and O–H groups in total. The summed E-state index contributed by atoms with van der Waals surface area (Å²) in [5.74, 6) is 0.260. The van der Waals surface area contributed by atoms with Crippen molar-refractivity contribution in [3.8, 4) is 28.7 Å². The molecule has 4 rings (SSSR count). The fraction of sp³-hybridized carbons (Fsp3) is 0.485. The third kappa shape index (κ3) is 9.95. The van der Waals surface area contributed by atoms with E-state index in [1.54, 1.807) is 30.3 Å². The summed E-state index contributed by atoms with van der Waals surface area (Å²) >= 11 is 0. The lowest BCUT2D eigenvalue weighted by Gasteiger charge is -2.17. The number of phenolic OH excluding ortho intramolecular Hbond substituents is 1. The summed E-state index contributed by atoms with van der Waals surface area (Å²) in [6.45, 7) is 3.68. The van der Waals surface area contributed by atoms with Crippen molar-refractivity contribution in [3.63, 3.8) is 0 Å². The van der Waals surface area contributed by atoms with Gasteiger partial charge in [-0.15, -0.1) is 0 Å². The van der Waals surface area contributed by atoms with E-state index in [1.165, 1.54) is 35.4 Å². The zero-order valence-corrected chi connectivity index (χ0v) is 28.2. The molecule has 1 amide bonds. The van der Waals surface area contributed by atoms with Crippen LogP contribution in [-0.4, -0.2) is 89.4 Å². The monoisotopic (exact) mass is 693 g/mol. The number of amides is 1. The molecule has 1 aliphatic rings. The molecule has 0 spiro atoms. The van der Waals surface area contributed by atoms with E-state index in [9.17, 15) is 34.4 Å². The van der Waals surface area contributed by atoms with Gasteiger partial charge in [-0.25, -0.2) is 14.0 Å². The zero-order chi connectivity index (χ0) is 36.2. The number of anilines is 1. The first-order valence-electron chi connectivity index (χ1n) is 15.5. The van der Waals surface area contributed by atoms with E-state index in [1.807, 2.05) is 6.92 Å². The maximum atomic E-state index is 14.1. The van der Waals surface area contributed by atoms with Crippen LogP contribution in [0.4, 0.5) is 15.0 Å². The summed E-state index contributed by atoms with van der Waals surface area (Å²) in [7, 11) is 6.06. The van der Waals surface area contributed by atoms with E-state index in [-0.39, 0.29) is 12.4 Å². The summed E-state index contributed by atoms with van der Waals surface area (Å²) in [4.78, 5) is 27.0. The molecule has 5 atom stereocenters. The second-order valence-electron chi connectivity index (χ2n) is 11.0. The molecule has 0 radical (unpaired) electrons. The number of aromatic hydroxyl groups is 1. The Kier molecular flexibility index (Phi) is 14.4. The van der Waals surface area contributed by atoms with Gasteiger partial charge in [0.2, 0.25) is 5.75 Å². The van der Waals surface area contributed by atoms with Crippen LogP contribution in [0.1, 0.15) is 56.6 Å². The molecule has 15 nitrogen and oxygen atoms in total. The molecular formula is C33H44FN3O12. The fourth-order valence-corrected chi connectivity index (χ4v) is 4.92. The Morgan fingerprint density at radius 3 is 2.20 bits per heavy atom.